The minimum atomic E-state index is -0.258. The van der Waals surface area contributed by atoms with Gasteiger partial charge >= 0.3 is 0 Å². The molecule has 2 rings (SSSR count). The van der Waals surface area contributed by atoms with Gasteiger partial charge in [0.1, 0.15) is 11.9 Å². The molecular weight excluding hydrogens is 209 g/mol. The van der Waals surface area contributed by atoms with E-state index >= 15 is 0 Å². The Hall–Kier alpha value is -1.91. The Morgan fingerprint density at radius 1 is 1.31 bits per heavy atom. The van der Waals surface area contributed by atoms with E-state index in [9.17, 15) is 4.39 Å². The first-order valence-electron chi connectivity index (χ1n) is 4.97. The molecule has 4 nitrogen and oxygen atoms in total. The molecule has 1 N–H and O–H groups in total. The van der Waals surface area contributed by atoms with Crippen molar-refractivity contribution in [2.75, 3.05) is 5.32 Å². The van der Waals surface area contributed by atoms with Crippen LogP contribution in [0.15, 0.2) is 28.8 Å². The summed E-state index contributed by atoms with van der Waals surface area (Å²) in [6.07, 6.45) is 0. The van der Waals surface area contributed by atoms with Gasteiger partial charge in [0.05, 0.1) is 0 Å². The number of hydrogen-bond donors (Lipinski definition) is 1. The molecule has 1 atom stereocenters. The summed E-state index contributed by atoms with van der Waals surface area (Å²) in [6, 6.07) is 6.01. The van der Waals surface area contributed by atoms with Crippen molar-refractivity contribution in [3.05, 3.63) is 41.8 Å². The Kier molecular flexibility index (Phi) is 2.85. The second-order valence-corrected chi connectivity index (χ2v) is 3.55. The molecule has 5 heteroatoms. The molecule has 0 amide bonds. The largest absolute Gasteiger partial charge is 0.374 e. The van der Waals surface area contributed by atoms with Crippen LogP contribution in [0.1, 0.15) is 24.7 Å². The van der Waals surface area contributed by atoms with E-state index in [1.165, 1.54) is 12.1 Å². The Morgan fingerprint density at radius 3 is 2.56 bits per heavy atom. The summed E-state index contributed by atoms with van der Waals surface area (Å²) < 4.78 is 17.7. The van der Waals surface area contributed by atoms with Gasteiger partial charge in [0, 0.05) is 5.69 Å². The molecule has 0 saturated heterocycles. The average molecular weight is 221 g/mol. The second kappa shape index (κ2) is 4.30. The lowest BCUT2D eigenvalue weighted by molar-refractivity contribution is 0.364. The number of aryl methyl sites for hydroxylation is 1. The van der Waals surface area contributed by atoms with Crippen LogP contribution in [0.25, 0.3) is 0 Å². The molecule has 0 radical (unpaired) electrons. The molecule has 2 aromatic rings. The molecule has 1 aromatic heterocycles. The molecule has 0 aliphatic heterocycles. The lowest BCUT2D eigenvalue weighted by atomic mass is 10.2. The van der Waals surface area contributed by atoms with E-state index in [2.05, 4.69) is 15.5 Å². The highest BCUT2D eigenvalue weighted by Gasteiger charge is 2.12. The molecule has 0 spiro atoms. The van der Waals surface area contributed by atoms with E-state index in [1.54, 1.807) is 19.1 Å². The summed E-state index contributed by atoms with van der Waals surface area (Å²) in [5, 5.41) is 6.84. The van der Waals surface area contributed by atoms with Gasteiger partial charge in [-0.1, -0.05) is 5.16 Å². The second-order valence-electron chi connectivity index (χ2n) is 3.55. The zero-order valence-electron chi connectivity index (χ0n) is 9.07. The van der Waals surface area contributed by atoms with Gasteiger partial charge < -0.3 is 9.84 Å². The lowest BCUT2D eigenvalue weighted by Gasteiger charge is -2.10. The number of anilines is 1. The average Bonchev–Trinajstić information content (AvgIpc) is 2.68. The number of nitrogens with zero attached hydrogens (tertiary/aromatic N) is 2. The number of nitrogens with one attached hydrogen (secondary N) is 1. The van der Waals surface area contributed by atoms with Crippen molar-refractivity contribution in [3.63, 3.8) is 0 Å². The lowest BCUT2D eigenvalue weighted by Crippen LogP contribution is -2.06. The molecule has 0 saturated carbocycles. The van der Waals surface area contributed by atoms with Crippen molar-refractivity contribution in [2.45, 2.75) is 19.9 Å². The van der Waals surface area contributed by atoms with E-state index in [1.807, 2.05) is 6.92 Å². The predicted octanol–water partition coefficient (Wildman–Crippen LogP) is 2.69. The van der Waals surface area contributed by atoms with Crippen LogP contribution in [0.5, 0.6) is 0 Å². The zero-order valence-corrected chi connectivity index (χ0v) is 9.07. The fourth-order valence-electron chi connectivity index (χ4n) is 1.35. The molecule has 1 aromatic carbocycles. The number of aromatic nitrogens is 2. The predicted molar refractivity (Wildman–Crippen MR) is 57.5 cm³/mol. The highest BCUT2D eigenvalue weighted by molar-refractivity contribution is 5.43. The van der Waals surface area contributed by atoms with Gasteiger partial charge in [0.15, 0.2) is 5.82 Å². The van der Waals surface area contributed by atoms with Gasteiger partial charge in [-0.25, -0.2) is 4.39 Å². The maximum absolute atomic E-state index is 12.7. The molecule has 0 bridgehead atoms. The van der Waals surface area contributed by atoms with Crippen LogP contribution in [0.4, 0.5) is 10.1 Å². The summed E-state index contributed by atoms with van der Waals surface area (Å²) >= 11 is 0. The summed E-state index contributed by atoms with van der Waals surface area (Å²) in [5.74, 6) is 0.858. The van der Waals surface area contributed by atoms with Gasteiger partial charge in [-0.3, -0.25) is 0 Å². The summed E-state index contributed by atoms with van der Waals surface area (Å²) in [5.41, 5.74) is 0.810. The fraction of sp³-hybridized carbons (Fsp3) is 0.273. The van der Waals surface area contributed by atoms with Gasteiger partial charge in [-0.05, 0) is 38.1 Å². The van der Waals surface area contributed by atoms with Crippen molar-refractivity contribution in [1.29, 1.82) is 0 Å². The third-order valence-electron chi connectivity index (χ3n) is 2.14. The standard InChI is InChI=1S/C11H12FN3O/c1-7(11-14-8(2)15-16-11)13-10-5-3-9(12)4-6-10/h3-7,13H,1-2H3. The molecule has 0 aliphatic carbocycles. The van der Waals surface area contributed by atoms with Crippen molar-refractivity contribution in [3.8, 4) is 0 Å². The highest BCUT2D eigenvalue weighted by atomic mass is 19.1. The SMILES string of the molecule is Cc1noc(C(C)Nc2ccc(F)cc2)n1. The number of benzene rings is 1. The summed E-state index contributed by atoms with van der Waals surface area (Å²) in [4.78, 5) is 4.11. The first kappa shape index (κ1) is 10.6. The van der Waals surface area contributed by atoms with Crippen LogP contribution >= 0.6 is 0 Å². The molecule has 84 valence electrons. The van der Waals surface area contributed by atoms with Crippen molar-refractivity contribution >= 4 is 5.69 Å². The maximum Gasteiger partial charge on any atom is 0.248 e. The van der Waals surface area contributed by atoms with Crippen molar-refractivity contribution in [2.24, 2.45) is 0 Å². The van der Waals surface area contributed by atoms with Crippen LogP contribution in [0, 0.1) is 12.7 Å². The van der Waals surface area contributed by atoms with Crippen LogP contribution in [0.3, 0.4) is 0 Å². The van der Waals surface area contributed by atoms with Crippen LogP contribution in [-0.4, -0.2) is 10.1 Å². The van der Waals surface area contributed by atoms with E-state index in [-0.39, 0.29) is 11.9 Å². The first-order valence-corrected chi connectivity index (χ1v) is 4.97. The zero-order chi connectivity index (χ0) is 11.5. The Morgan fingerprint density at radius 2 is 2.00 bits per heavy atom. The molecule has 16 heavy (non-hydrogen) atoms. The summed E-state index contributed by atoms with van der Waals surface area (Å²) in [6.45, 7) is 3.66. The Bertz CT molecular complexity index is 466. The number of hydrogen-bond acceptors (Lipinski definition) is 4. The van der Waals surface area contributed by atoms with Crippen molar-refractivity contribution in [1.82, 2.24) is 10.1 Å². The van der Waals surface area contributed by atoms with Crippen LogP contribution in [-0.2, 0) is 0 Å². The molecule has 1 unspecified atom stereocenters. The molecule has 0 fully saturated rings. The van der Waals surface area contributed by atoms with E-state index in [0.717, 1.165) is 5.69 Å². The summed E-state index contributed by atoms with van der Waals surface area (Å²) in [7, 11) is 0. The Labute approximate surface area is 92.5 Å². The maximum atomic E-state index is 12.7. The molecule has 1 heterocycles. The Balaban J connectivity index is 2.07. The fourth-order valence-corrected chi connectivity index (χ4v) is 1.35. The topological polar surface area (TPSA) is 51.0 Å². The van der Waals surface area contributed by atoms with Crippen LogP contribution < -0.4 is 5.32 Å². The molecule has 0 aliphatic rings. The van der Waals surface area contributed by atoms with Gasteiger partial charge in [0.25, 0.3) is 0 Å². The van der Waals surface area contributed by atoms with Gasteiger partial charge in [-0.15, -0.1) is 0 Å². The monoisotopic (exact) mass is 221 g/mol. The normalized spacial score (nSPS) is 12.4. The highest BCUT2D eigenvalue weighted by Crippen LogP contribution is 2.17. The third-order valence-corrected chi connectivity index (χ3v) is 2.14. The van der Waals surface area contributed by atoms with Crippen molar-refractivity contribution < 1.29 is 8.91 Å². The molecular formula is C11H12FN3O. The minimum Gasteiger partial charge on any atom is -0.374 e. The quantitative estimate of drug-likeness (QED) is 0.865. The van der Waals surface area contributed by atoms with Gasteiger partial charge in [0.2, 0.25) is 5.89 Å². The van der Waals surface area contributed by atoms with E-state index in [4.69, 9.17) is 4.52 Å². The van der Waals surface area contributed by atoms with Gasteiger partial charge in [-0.2, -0.15) is 4.98 Å². The number of halogens is 1. The third kappa shape index (κ3) is 2.36. The van der Waals surface area contributed by atoms with E-state index < -0.39 is 0 Å². The first-order chi connectivity index (χ1) is 7.65. The van der Waals surface area contributed by atoms with E-state index in [0.29, 0.717) is 11.7 Å². The smallest absolute Gasteiger partial charge is 0.248 e. The van der Waals surface area contributed by atoms with Crippen LogP contribution in [0.2, 0.25) is 0 Å². The minimum absolute atomic E-state index is 0.105. The number of rotatable bonds is 3.